The molecule has 8 heteroatoms. The van der Waals surface area contributed by atoms with Crippen LogP contribution in [0.25, 0.3) is 10.9 Å². The van der Waals surface area contributed by atoms with Gasteiger partial charge in [-0.3, -0.25) is 14.4 Å². The van der Waals surface area contributed by atoms with Crippen molar-refractivity contribution in [3.63, 3.8) is 0 Å². The first-order valence-corrected chi connectivity index (χ1v) is 12.7. The maximum Gasteiger partial charge on any atom is 0.227 e. The second kappa shape index (κ2) is 10.5. The maximum absolute atomic E-state index is 13.3. The third kappa shape index (κ3) is 5.36. The highest BCUT2D eigenvalue weighted by Gasteiger charge is 2.33. The van der Waals surface area contributed by atoms with E-state index < -0.39 is 12.0 Å². The average Bonchev–Trinajstić information content (AvgIpc) is 3.62. The molecule has 190 valence electrons. The summed E-state index contributed by atoms with van der Waals surface area (Å²) in [5.74, 6) is -0.000193. The second-order valence-electron chi connectivity index (χ2n) is 9.93. The fourth-order valence-corrected chi connectivity index (χ4v) is 5.12. The number of benzene rings is 2. The lowest BCUT2D eigenvalue weighted by Gasteiger charge is -2.31. The maximum atomic E-state index is 13.3. The van der Waals surface area contributed by atoms with Crippen molar-refractivity contribution in [3.05, 3.63) is 59.8 Å². The molecule has 0 saturated heterocycles. The molecule has 1 aliphatic carbocycles. The summed E-state index contributed by atoms with van der Waals surface area (Å²) >= 11 is 0. The van der Waals surface area contributed by atoms with Crippen molar-refractivity contribution in [1.82, 2.24) is 10.3 Å². The Bertz CT molecular complexity index is 1380. The Kier molecular flexibility index (Phi) is 6.95. The van der Waals surface area contributed by atoms with Crippen LogP contribution in [0.15, 0.2) is 48.5 Å². The number of hydrogen-bond donors (Lipinski definition) is 2. The molecule has 2 atom stereocenters. The molecule has 1 aromatic heterocycles. The smallest absolute Gasteiger partial charge is 0.227 e. The van der Waals surface area contributed by atoms with Crippen LogP contribution in [0.1, 0.15) is 48.2 Å². The van der Waals surface area contributed by atoms with Crippen molar-refractivity contribution in [3.8, 4) is 11.8 Å². The fraction of sp³-hybridized carbons (Fsp3) is 0.379. The number of H-pyrrole nitrogens is 1. The first-order chi connectivity index (χ1) is 18.0. The second-order valence-corrected chi connectivity index (χ2v) is 9.93. The number of para-hydroxylation sites is 1. The van der Waals surface area contributed by atoms with Gasteiger partial charge >= 0.3 is 0 Å². The van der Waals surface area contributed by atoms with Crippen LogP contribution in [0.3, 0.4) is 0 Å². The molecular formula is C29H30N4O4. The van der Waals surface area contributed by atoms with Crippen LogP contribution < -0.4 is 15.0 Å². The minimum Gasteiger partial charge on any atom is -0.496 e. The van der Waals surface area contributed by atoms with Crippen molar-refractivity contribution in [1.29, 1.82) is 5.26 Å². The minimum absolute atomic E-state index is 0.0428. The molecule has 37 heavy (non-hydrogen) atoms. The standard InChI is InChI=1S/C29H30N4O4/c1-37-27-8-4-6-23-22(27)15-24(32-23)26(34)14-20(13-18-9-10-18)29(36)31-21(16-30)17-33-25-7-3-2-5-19(25)11-12-28(33)35/h2-8,15,18,20-21,32H,9-14,17H2,1H3,(H,31,36)/t20-,21?/m1/s1. The van der Waals surface area contributed by atoms with E-state index in [-0.39, 0.29) is 30.6 Å². The average molecular weight is 499 g/mol. The van der Waals surface area contributed by atoms with Gasteiger partial charge in [0.1, 0.15) is 11.8 Å². The molecule has 2 N–H and O–H groups in total. The number of aromatic amines is 1. The summed E-state index contributed by atoms with van der Waals surface area (Å²) < 4.78 is 5.39. The molecule has 1 unspecified atom stereocenters. The van der Waals surface area contributed by atoms with Gasteiger partial charge in [-0.15, -0.1) is 0 Å². The lowest BCUT2D eigenvalue weighted by Crippen LogP contribution is -2.48. The number of aryl methyl sites for hydroxylation is 1. The Morgan fingerprint density at radius 1 is 1.19 bits per heavy atom. The van der Waals surface area contributed by atoms with Crippen LogP contribution in [0.5, 0.6) is 5.75 Å². The van der Waals surface area contributed by atoms with E-state index in [0.717, 1.165) is 35.0 Å². The van der Waals surface area contributed by atoms with E-state index in [1.807, 2.05) is 42.5 Å². The van der Waals surface area contributed by atoms with Gasteiger partial charge < -0.3 is 19.9 Å². The zero-order valence-corrected chi connectivity index (χ0v) is 20.8. The number of nitrogens with zero attached hydrogens (tertiary/aromatic N) is 2. The molecule has 5 rings (SSSR count). The van der Waals surface area contributed by atoms with Gasteiger partial charge in [-0.2, -0.15) is 5.26 Å². The van der Waals surface area contributed by atoms with E-state index >= 15 is 0 Å². The third-order valence-corrected chi connectivity index (χ3v) is 7.29. The van der Waals surface area contributed by atoms with Gasteiger partial charge in [0.25, 0.3) is 0 Å². The quantitative estimate of drug-likeness (QED) is 0.408. The molecule has 1 fully saturated rings. The highest BCUT2D eigenvalue weighted by Crippen LogP contribution is 2.37. The largest absolute Gasteiger partial charge is 0.496 e. The predicted octanol–water partition coefficient (Wildman–Crippen LogP) is 4.15. The van der Waals surface area contributed by atoms with Crippen LogP contribution in [-0.4, -0.2) is 42.3 Å². The van der Waals surface area contributed by atoms with E-state index in [4.69, 9.17) is 4.74 Å². The number of nitrogens with one attached hydrogen (secondary N) is 2. The molecule has 2 aliphatic rings. The van der Waals surface area contributed by atoms with E-state index in [0.29, 0.717) is 36.6 Å². The first-order valence-electron chi connectivity index (χ1n) is 12.7. The Morgan fingerprint density at radius 3 is 2.76 bits per heavy atom. The van der Waals surface area contributed by atoms with Gasteiger partial charge in [-0.25, -0.2) is 0 Å². The number of Topliss-reactive ketones (excluding diaryl/α,β-unsaturated/α-hetero) is 1. The number of amides is 2. The number of carbonyl (C=O) groups excluding carboxylic acids is 3. The van der Waals surface area contributed by atoms with E-state index in [1.54, 1.807) is 18.1 Å². The minimum atomic E-state index is -0.878. The number of rotatable bonds is 10. The molecule has 3 aromatic rings. The van der Waals surface area contributed by atoms with Crippen LogP contribution in [0, 0.1) is 23.2 Å². The summed E-state index contributed by atoms with van der Waals surface area (Å²) in [6, 6.07) is 16.2. The summed E-state index contributed by atoms with van der Waals surface area (Å²) in [4.78, 5) is 43.9. The monoisotopic (exact) mass is 498 g/mol. The number of fused-ring (bicyclic) bond motifs is 2. The van der Waals surface area contributed by atoms with Crippen molar-refractivity contribution in [2.45, 2.75) is 44.6 Å². The van der Waals surface area contributed by atoms with E-state index in [9.17, 15) is 19.6 Å². The Balaban J connectivity index is 1.29. The van der Waals surface area contributed by atoms with Crippen LogP contribution in [0.4, 0.5) is 5.69 Å². The molecule has 0 bridgehead atoms. The number of carbonyl (C=O) groups is 3. The summed E-state index contributed by atoms with van der Waals surface area (Å²) in [5.41, 5.74) is 3.06. The van der Waals surface area contributed by atoms with Crippen molar-refractivity contribution >= 4 is 34.2 Å². The molecule has 1 aliphatic heterocycles. The zero-order chi connectivity index (χ0) is 25.9. The van der Waals surface area contributed by atoms with Crippen LogP contribution >= 0.6 is 0 Å². The van der Waals surface area contributed by atoms with Gasteiger partial charge in [0.2, 0.25) is 11.8 Å². The molecule has 0 spiro atoms. The Morgan fingerprint density at radius 2 is 2.00 bits per heavy atom. The third-order valence-electron chi connectivity index (χ3n) is 7.29. The summed E-state index contributed by atoms with van der Waals surface area (Å²) in [5, 5.41) is 13.5. The topological polar surface area (TPSA) is 115 Å². The molecule has 8 nitrogen and oxygen atoms in total. The van der Waals surface area contributed by atoms with Gasteiger partial charge in [-0.05, 0) is 48.6 Å². The number of ketones is 1. The molecule has 2 amide bonds. The molecule has 1 saturated carbocycles. The van der Waals surface area contributed by atoms with Gasteiger partial charge in [-0.1, -0.05) is 37.1 Å². The first kappa shape index (κ1) is 24.6. The Labute approximate surface area is 215 Å². The predicted molar refractivity (Wildman–Crippen MR) is 139 cm³/mol. The van der Waals surface area contributed by atoms with Gasteiger partial charge in [0.15, 0.2) is 5.78 Å². The van der Waals surface area contributed by atoms with Crippen molar-refractivity contribution < 1.29 is 19.1 Å². The number of ether oxygens (including phenoxy) is 1. The number of anilines is 1. The normalized spacial score (nSPS) is 16.5. The lowest BCUT2D eigenvalue weighted by molar-refractivity contribution is -0.126. The Hall–Kier alpha value is -4.12. The zero-order valence-electron chi connectivity index (χ0n) is 20.8. The highest BCUT2D eigenvalue weighted by atomic mass is 16.5. The number of methoxy groups -OCH3 is 1. The molecule has 2 aromatic carbocycles. The molecule has 2 heterocycles. The fourth-order valence-electron chi connectivity index (χ4n) is 5.12. The highest BCUT2D eigenvalue weighted by molar-refractivity contribution is 6.02. The van der Waals surface area contributed by atoms with Crippen LogP contribution in [-0.2, 0) is 16.0 Å². The summed E-state index contributed by atoms with van der Waals surface area (Å²) in [7, 11) is 1.58. The summed E-state index contributed by atoms with van der Waals surface area (Å²) in [6.45, 7) is 0.0734. The van der Waals surface area contributed by atoms with Gasteiger partial charge in [0.05, 0.1) is 25.4 Å². The SMILES string of the molecule is COc1cccc2[nH]c(C(=O)C[C@@H](CC3CC3)C(=O)NC(C#N)CN3C(=O)CCc4ccccc43)cc12. The number of hydrogen-bond acceptors (Lipinski definition) is 5. The lowest BCUT2D eigenvalue weighted by atomic mass is 9.93. The van der Waals surface area contributed by atoms with E-state index in [1.165, 1.54) is 0 Å². The molecular weight excluding hydrogens is 468 g/mol. The number of aromatic nitrogens is 1. The molecule has 0 radical (unpaired) electrons. The van der Waals surface area contributed by atoms with Crippen LogP contribution in [0.2, 0.25) is 0 Å². The van der Waals surface area contributed by atoms with E-state index in [2.05, 4.69) is 16.4 Å². The van der Waals surface area contributed by atoms with Crippen molar-refractivity contribution in [2.75, 3.05) is 18.6 Å². The van der Waals surface area contributed by atoms with Crippen molar-refractivity contribution in [2.24, 2.45) is 11.8 Å². The number of nitriles is 1. The summed E-state index contributed by atoms with van der Waals surface area (Å²) in [6.07, 6.45) is 3.77. The van der Waals surface area contributed by atoms with Gasteiger partial charge in [0, 0.05) is 35.3 Å².